The van der Waals surface area contributed by atoms with Crippen LogP contribution in [0.3, 0.4) is 0 Å². The molecule has 10 nitrogen and oxygen atoms in total. The largest absolute Gasteiger partial charge is 0.493 e. The molecule has 5 atom stereocenters. The van der Waals surface area contributed by atoms with Crippen LogP contribution in [0.5, 0.6) is 11.6 Å². The molecule has 216 valence electrons. The number of pyridine rings is 1. The number of aromatic nitrogens is 1. The highest BCUT2D eigenvalue weighted by molar-refractivity contribution is 5.97. The summed E-state index contributed by atoms with van der Waals surface area (Å²) in [6, 6.07) is 8.76. The van der Waals surface area contributed by atoms with Crippen molar-refractivity contribution >= 4 is 11.8 Å². The summed E-state index contributed by atoms with van der Waals surface area (Å²) in [6.07, 6.45) is 2.80. The maximum Gasteiger partial charge on any atom is 0.255 e. The molecule has 2 saturated heterocycles. The summed E-state index contributed by atoms with van der Waals surface area (Å²) >= 11 is 0. The first-order valence-electron chi connectivity index (χ1n) is 14.2. The highest BCUT2D eigenvalue weighted by Gasteiger charge is 2.39. The molecule has 2 fully saturated rings. The third-order valence-corrected chi connectivity index (χ3v) is 8.13. The van der Waals surface area contributed by atoms with E-state index in [0.717, 1.165) is 11.1 Å². The minimum absolute atomic E-state index is 0.103. The molecule has 3 aliphatic rings. The number of benzene rings is 1. The second-order valence-electron chi connectivity index (χ2n) is 11.3. The first kappa shape index (κ1) is 28.3. The number of aliphatic hydroxyl groups excluding tert-OH is 1. The minimum atomic E-state index is -0.642. The van der Waals surface area contributed by atoms with Gasteiger partial charge >= 0.3 is 0 Å². The van der Waals surface area contributed by atoms with Gasteiger partial charge in [-0.2, -0.15) is 0 Å². The summed E-state index contributed by atoms with van der Waals surface area (Å²) in [7, 11) is 1.57. The van der Waals surface area contributed by atoms with Crippen LogP contribution >= 0.6 is 0 Å². The Morgan fingerprint density at radius 1 is 1.20 bits per heavy atom. The van der Waals surface area contributed by atoms with Crippen molar-refractivity contribution in [1.29, 1.82) is 0 Å². The van der Waals surface area contributed by atoms with Crippen molar-refractivity contribution in [2.45, 2.75) is 82.4 Å². The van der Waals surface area contributed by atoms with Crippen LogP contribution in [-0.2, 0) is 16.1 Å². The molecule has 0 saturated carbocycles. The topological polar surface area (TPSA) is 122 Å². The Kier molecular flexibility index (Phi) is 8.87. The van der Waals surface area contributed by atoms with E-state index in [1.807, 2.05) is 35.2 Å². The summed E-state index contributed by atoms with van der Waals surface area (Å²) in [5.41, 5.74) is 2.42. The van der Waals surface area contributed by atoms with Crippen LogP contribution in [0.1, 0.15) is 66.9 Å². The van der Waals surface area contributed by atoms with Crippen molar-refractivity contribution in [3.8, 4) is 11.6 Å². The summed E-state index contributed by atoms with van der Waals surface area (Å²) in [5.74, 6) is 0.958. The first-order valence-corrected chi connectivity index (χ1v) is 14.2. The fourth-order valence-corrected chi connectivity index (χ4v) is 5.84. The van der Waals surface area contributed by atoms with Gasteiger partial charge in [0.25, 0.3) is 5.91 Å². The van der Waals surface area contributed by atoms with E-state index in [9.17, 15) is 14.7 Å². The summed E-state index contributed by atoms with van der Waals surface area (Å²) in [6.45, 7) is 5.72. The maximum atomic E-state index is 13.5. The lowest BCUT2D eigenvalue weighted by Gasteiger charge is -2.34. The lowest BCUT2D eigenvalue weighted by Crippen LogP contribution is -2.50. The quantitative estimate of drug-likeness (QED) is 0.529. The number of ether oxygens (including phenoxy) is 3. The van der Waals surface area contributed by atoms with Gasteiger partial charge in [-0.05, 0) is 48.9 Å². The second kappa shape index (κ2) is 12.5. The zero-order valence-corrected chi connectivity index (χ0v) is 23.5. The Bertz CT molecular complexity index is 1210. The van der Waals surface area contributed by atoms with Crippen LogP contribution in [0.25, 0.3) is 0 Å². The molecule has 4 bridgehead atoms. The Balaban J connectivity index is 1.43. The van der Waals surface area contributed by atoms with Crippen LogP contribution in [0, 0.1) is 0 Å². The van der Waals surface area contributed by atoms with Crippen molar-refractivity contribution in [2.24, 2.45) is 0 Å². The second-order valence-corrected chi connectivity index (χ2v) is 11.3. The van der Waals surface area contributed by atoms with Gasteiger partial charge in [-0.1, -0.05) is 26.0 Å². The fourth-order valence-electron chi connectivity index (χ4n) is 5.84. The van der Waals surface area contributed by atoms with Crippen molar-refractivity contribution in [3.63, 3.8) is 0 Å². The molecular formula is C30H40N4O6. The molecule has 2 aromatic rings. The van der Waals surface area contributed by atoms with Gasteiger partial charge in [0.2, 0.25) is 11.8 Å². The van der Waals surface area contributed by atoms with E-state index >= 15 is 0 Å². The van der Waals surface area contributed by atoms with Gasteiger partial charge in [0.15, 0.2) is 0 Å². The summed E-state index contributed by atoms with van der Waals surface area (Å²) in [4.78, 5) is 33.4. The average Bonchev–Trinajstić information content (AvgIpc) is 3.34. The normalized spacial score (nSPS) is 27.9. The van der Waals surface area contributed by atoms with E-state index in [0.29, 0.717) is 62.6 Å². The summed E-state index contributed by atoms with van der Waals surface area (Å²) in [5, 5.41) is 16.8. The molecule has 3 aliphatic heterocycles. The number of nitrogens with one attached hydrogen (secondary N) is 2. The average molecular weight is 553 g/mol. The Morgan fingerprint density at radius 3 is 2.85 bits per heavy atom. The molecular weight excluding hydrogens is 512 g/mol. The van der Waals surface area contributed by atoms with Crippen molar-refractivity contribution in [1.82, 2.24) is 20.5 Å². The van der Waals surface area contributed by atoms with Crippen LogP contribution in [0.15, 0.2) is 36.5 Å². The van der Waals surface area contributed by atoms with Gasteiger partial charge in [-0.25, -0.2) is 4.98 Å². The third kappa shape index (κ3) is 6.40. The number of carbonyl (C=O) groups excluding carboxylic acids is 2. The molecule has 0 unspecified atom stereocenters. The molecule has 0 aliphatic carbocycles. The van der Waals surface area contributed by atoms with Gasteiger partial charge in [-0.3, -0.25) is 14.5 Å². The van der Waals surface area contributed by atoms with Crippen LogP contribution in [-0.4, -0.2) is 84.0 Å². The van der Waals surface area contributed by atoms with E-state index in [1.54, 1.807) is 13.3 Å². The lowest BCUT2D eigenvalue weighted by atomic mass is 9.99. The molecule has 0 radical (unpaired) electrons. The number of hydrogen-bond acceptors (Lipinski definition) is 8. The number of nitrogens with zero attached hydrogens (tertiary/aromatic N) is 2. The van der Waals surface area contributed by atoms with Crippen molar-refractivity contribution in [3.05, 3.63) is 53.2 Å². The van der Waals surface area contributed by atoms with E-state index in [2.05, 4.69) is 29.5 Å². The van der Waals surface area contributed by atoms with Gasteiger partial charge in [0, 0.05) is 43.9 Å². The molecule has 1 aromatic heterocycles. The zero-order chi connectivity index (χ0) is 28.2. The first-order chi connectivity index (χ1) is 19.3. The molecule has 3 N–H and O–H groups in total. The molecule has 10 heteroatoms. The molecule has 4 heterocycles. The van der Waals surface area contributed by atoms with E-state index < -0.39 is 18.2 Å². The van der Waals surface area contributed by atoms with Crippen molar-refractivity contribution < 1.29 is 28.9 Å². The number of amides is 2. The van der Waals surface area contributed by atoms with E-state index in [4.69, 9.17) is 14.2 Å². The Labute approximate surface area is 235 Å². The number of aliphatic hydroxyl groups is 1. The van der Waals surface area contributed by atoms with Gasteiger partial charge in [-0.15, -0.1) is 0 Å². The number of methoxy groups -OCH3 is 1. The number of carbonyl (C=O) groups is 2. The summed E-state index contributed by atoms with van der Waals surface area (Å²) < 4.78 is 17.8. The predicted octanol–water partition coefficient (Wildman–Crippen LogP) is 2.39. The molecule has 1 aromatic carbocycles. The number of fused-ring (bicyclic) bond motifs is 5. The molecule has 40 heavy (non-hydrogen) atoms. The van der Waals surface area contributed by atoms with E-state index in [1.165, 1.54) is 0 Å². The van der Waals surface area contributed by atoms with Gasteiger partial charge in [0.05, 0.1) is 37.5 Å². The van der Waals surface area contributed by atoms with Gasteiger partial charge < -0.3 is 30.0 Å². The smallest absolute Gasteiger partial charge is 0.255 e. The van der Waals surface area contributed by atoms with Crippen LogP contribution in [0.2, 0.25) is 0 Å². The molecule has 2 amide bonds. The number of likely N-dealkylation sites (tertiary alicyclic amines) is 1. The lowest BCUT2D eigenvalue weighted by molar-refractivity contribution is -0.133. The monoisotopic (exact) mass is 552 g/mol. The van der Waals surface area contributed by atoms with Crippen molar-refractivity contribution in [2.75, 3.05) is 26.8 Å². The van der Waals surface area contributed by atoms with E-state index in [-0.39, 0.29) is 36.4 Å². The highest BCUT2D eigenvalue weighted by atomic mass is 16.5. The maximum absolute atomic E-state index is 13.5. The Hall–Kier alpha value is -3.21. The number of rotatable bonds is 4. The van der Waals surface area contributed by atoms with Crippen LogP contribution in [0.4, 0.5) is 0 Å². The molecule has 5 rings (SSSR count). The highest BCUT2D eigenvalue weighted by Crippen LogP contribution is 2.29. The number of hydrogen-bond donors (Lipinski definition) is 3. The zero-order valence-electron chi connectivity index (χ0n) is 23.5. The standard InChI is InChI=1S/C30H40N4O6/c1-18(2)19-6-8-23-26(13-19)39-12-10-22-7-9-25(35)27(40-22)15-32-29(37)24-14-21(33-28(23)36)17-34(24)16-20-5-4-11-31-30(20)38-3/h4-6,8,11,13,18,21-22,24-25,27,35H,7,9-10,12,14-17H2,1-3H3,(H,32,37)(H,33,36)/t21-,22-,24-,25-,27+/m0/s1. The van der Waals surface area contributed by atoms with Gasteiger partial charge in [0.1, 0.15) is 11.9 Å². The SMILES string of the molecule is COc1ncccc1CN1C[C@@H]2C[C@H]1C(=O)NC[C@H]1O[C@H](CCOc3cc(C(C)C)ccc3C(=O)N2)CC[C@@H]1O. The fraction of sp³-hybridized carbons (Fsp3) is 0.567. The third-order valence-electron chi connectivity index (χ3n) is 8.13. The molecule has 0 spiro atoms. The minimum Gasteiger partial charge on any atom is -0.493 e. The Morgan fingerprint density at radius 2 is 2.05 bits per heavy atom. The van der Waals surface area contributed by atoms with Crippen LogP contribution < -0.4 is 20.1 Å². The predicted molar refractivity (Wildman–Crippen MR) is 148 cm³/mol.